The molecule has 1 heterocycles. The van der Waals surface area contributed by atoms with Gasteiger partial charge in [-0.25, -0.2) is 4.98 Å². The highest BCUT2D eigenvalue weighted by Crippen LogP contribution is 2.35. The molecule has 0 fully saturated rings. The van der Waals surface area contributed by atoms with E-state index in [1.54, 1.807) is 19.5 Å². The van der Waals surface area contributed by atoms with Gasteiger partial charge in [-0.1, -0.05) is 13.0 Å². The molecule has 2 rings (SSSR count). The van der Waals surface area contributed by atoms with E-state index >= 15 is 0 Å². The smallest absolute Gasteiger partial charge is 0.175 e. The fraction of sp³-hybridized carbons (Fsp3) is 0.333. The van der Waals surface area contributed by atoms with Crippen LogP contribution in [0.2, 0.25) is 0 Å². The molecule has 0 saturated carbocycles. The zero-order valence-corrected chi connectivity index (χ0v) is 13.7. The van der Waals surface area contributed by atoms with Gasteiger partial charge in [-0.3, -0.25) is 4.98 Å². The second-order valence-electron chi connectivity index (χ2n) is 4.38. The van der Waals surface area contributed by atoms with Gasteiger partial charge >= 0.3 is 0 Å². The summed E-state index contributed by atoms with van der Waals surface area (Å²) in [5, 5.41) is 3.18. The van der Waals surface area contributed by atoms with Crippen LogP contribution in [0.1, 0.15) is 19.0 Å². The molecule has 0 spiro atoms. The Bertz CT molecular complexity index is 576. The van der Waals surface area contributed by atoms with Gasteiger partial charge in [0.2, 0.25) is 0 Å². The van der Waals surface area contributed by atoms with E-state index < -0.39 is 0 Å². The van der Waals surface area contributed by atoms with Gasteiger partial charge in [0.05, 0.1) is 29.7 Å². The Balaban J connectivity index is 2.00. The van der Waals surface area contributed by atoms with Crippen molar-refractivity contribution >= 4 is 21.7 Å². The summed E-state index contributed by atoms with van der Waals surface area (Å²) in [7, 11) is 1.61. The van der Waals surface area contributed by atoms with Crippen LogP contribution < -0.4 is 14.8 Å². The van der Waals surface area contributed by atoms with Crippen LogP contribution in [-0.2, 0) is 6.61 Å². The van der Waals surface area contributed by atoms with Gasteiger partial charge in [-0.2, -0.15) is 0 Å². The Morgan fingerprint density at radius 1 is 1.24 bits per heavy atom. The number of hydrogen-bond acceptors (Lipinski definition) is 5. The molecular weight excluding hydrogens is 334 g/mol. The zero-order valence-electron chi connectivity index (χ0n) is 12.1. The van der Waals surface area contributed by atoms with Crippen LogP contribution >= 0.6 is 15.9 Å². The average molecular weight is 352 g/mol. The first kappa shape index (κ1) is 15.6. The Hall–Kier alpha value is -1.82. The summed E-state index contributed by atoms with van der Waals surface area (Å²) in [5.74, 6) is 2.12. The highest BCUT2D eigenvalue weighted by Gasteiger charge is 2.09. The van der Waals surface area contributed by atoms with E-state index in [0.717, 1.165) is 29.0 Å². The van der Waals surface area contributed by atoms with Gasteiger partial charge in [0, 0.05) is 6.54 Å². The second-order valence-corrected chi connectivity index (χ2v) is 5.23. The number of rotatable bonds is 7. The molecule has 1 aromatic heterocycles. The van der Waals surface area contributed by atoms with Crippen molar-refractivity contribution in [3.8, 4) is 11.5 Å². The van der Waals surface area contributed by atoms with Gasteiger partial charge in [-0.15, -0.1) is 0 Å². The maximum absolute atomic E-state index is 5.77. The van der Waals surface area contributed by atoms with E-state index in [2.05, 4.69) is 38.1 Å². The monoisotopic (exact) mass is 351 g/mol. The largest absolute Gasteiger partial charge is 0.493 e. The van der Waals surface area contributed by atoms with Crippen molar-refractivity contribution in [1.82, 2.24) is 9.97 Å². The molecule has 0 unspecified atom stereocenters. The Morgan fingerprint density at radius 3 is 2.76 bits per heavy atom. The number of para-hydroxylation sites is 1. The molecule has 0 saturated heterocycles. The van der Waals surface area contributed by atoms with Crippen molar-refractivity contribution in [3.63, 3.8) is 0 Å². The van der Waals surface area contributed by atoms with Gasteiger partial charge in [0.15, 0.2) is 11.5 Å². The maximum atomic E-state index is 5.77. The summed E-state index contributed by atoms with van der Waals surface area (Å²) in [4.78, 5) is 8.62. The summed E-state index contributed by atoms with van der Waals surface area (Å²) in [6, 6.07) is 5.65. The number of methoxy groups -OCH3 is 1. The molecule has 5 nitrogen and oxygen atoms in total. The van der Waals surface area contributed by atoms with Crippen molar-refractivity contribution in [2.45, 2.75) is 20.0 Å². The number of nitrogens with one attached hydrogen (secondary N) is 1. The number of hydrogen-bond donors (Lipinski definition) is 1. The molecule has 0 aliphatic rings. The summed E-state index contributed by atoms with van der Waals surface area (Å²) >= 11 is 3.45. The predicted octanol–water partition coefficient (Wildman–Crippen LogP) is 3.65. The Labute approximate surface area is 132 Å². The van der Waals surface area contributed by atoms with Crippen molar-refractivity contribution in [1.29, 1.82) is 0 Å². The van der Waals surface area contributed by atoms with Crippen LogP contribution in [0.25, 0.3) is 0 Å². The molecule has 6 heteroatoms. The van der Waals surface area contributed by atoms with E-state index in [-0.39, 0.29) is 0 Å². The number of anilines is 1. The zero-order chi connectivity index (χ0) is 15.1. The average Bonchev–Trinajstić information content (AvgIpc) is 2.52. The normalized spacial score (nSPS) is 10.2. The summed E-state index contributed by atoms with van der Waals surface area (Å²) in [5.41, 5.74) is 0.759. The lowest BCUT2D eigenvalue weighted by Crippen LogP contribution is -2.05. The summed E-state index contributed by atoms with van der Waals surface area (Å²) in [6.45, 7) is 3.33. The fourth-order valence-electron chi connectivity index (χ4n) is 1.71. The van der Waals surface area contributed by atoms with Crippen LogP contribution in [0, 0.1) is 0 Å². The number of aromatic nitrogens is 2. The van der Waals surface area contributed by atoms with Crippen molar-refractivity contribution < 1.29 is 9.47 Å². The third-order valence-electron chi connectivity index (χ3n) is 2.78. The van der Waals surface area contributed by atoms with Gasteiger partial charge < -0.3 is 14.8 Å². The van der Waals surface area contributed by atoms with E-state index in [9.17, 15) is 0 Å². The van der Waals surface area contributed by atoms with Crippen molar-refractivity contribution in [2.24, 2.45) is 0 Å². The first-order valence-corrected chi connectivity index (χ1v) is 7.54. The van der Waals surface area contributed by atoms with Crippen molar-refractivity contribution in [2.75, 3.05) is 19.0 Å². The second kappa shape index (κ2) is 7.83. The molecule has 0 atom stereocenters. The van der Waals surface area contributed by atoms with Gasteiger partial charge in [0.1, 0.15) is 12.4 Å². The molecule has 0 bridgehead atoms. The van der Waals surface area contributed by atoms with E-state index in [0.29, 0.717) is 18.1 Å². The van der Waals surface area contributed by atoms with Crippen LogP contribution in [0.5, 0.6) is 11.5 Å². The number of nitrogens with zero attached hydrogens (tertiary/aromatic N) is 2. The van der Waals surface area contributed by atoms with Crippen LogP contribution in [0.15, 0.2) is 35.1 Å². The standard InChI is InChI=1S/C15H18BrN3O2/c1-3-7-17-14-9-18-11(8-19-14)10-21-15-12(16)5-4-6-13(15)20-2/h4-6,8-9H,3,7,10H2,1-2H3,(H,17,19). The van der Waals surface area contributed by atoms with Crippen LogP contribution in [0.4, 0.5) is 5.82 Å². The third kappa shape index (κ3) is 4.32. The minimum atomic E-state index is 0.333. The third-order valence-corrected chi connectivity index (χ3v) is 3.40. The Kier molecular flexibility index (Phi) is 5.80. The summed E-state index contributed by atoms with van der Waals surface area (Å²) < 4.78 is 11.9. The molecule has 0 amide bonds. The molecule has 112 valence electrons. The lowest BCUT2D eigenvalue weighted by atomic mass is 10.3. The topological polar surface area (TPSA) is 56.3 Å². The molecule has 2 aromatic rings. The first-order valence-electron chi connectivity index (χ1n) is 6.74. The van der Waals surface area contributed by atoms with Crippen molar-refractivity contribution in [3.05, 3.63) is 40.8 Å². The molecule has 21 heavy (non-hydrogen) atoms. The minimum Gasteiger partial charge on any atom is -0.493 e. The van der Waals surface area contributed by atoms with Crippen LogP contribution in [0.3, 0.4) is 0 Å². The summed E-state index contributed by atoms with van der Waals surface area (Å²) in [6.07, 6.45) is 4.47. The van der Waals surface area contributed by atoms with E-state index in [1.165, 1.54) is 0 Å². The van der Waals surface area contributed by atoms with Gasteiger partial charge in [0.25, 0.3) is 0 Å². The van der Waals surface area contributed by atoms with Gasteiger partial charge in [-0.05, 0) is 34.5 Å². The maximum Gasteiger partial charge on any atom is 0.175 e. The first-order chi connectivity index (χ1) is 10.2. The lowest BCUT2D eigenvalue weighted by Gasteiger charge is -2.12. The molecule has 0 aliphatic carbocycles. The minimum absolute atomic E-state index is 0.333. The number of ether oxygens (including phenoxy) is 2. The fourth-order valence-corrected chi connectivity index (χ4v) is 2.17. The molecule has 1 N–H and O–H groups in total. The number of halogens is 1. The Morgan fingerprint density at radius 2 is 2.10 bits per heavy atom. The van der Waals surface area contributed by atoms with E-state index in [4.69, 9.17) is 9.47 Å². The predicted molar refractivity (Wildman–Crippen MR) is 85.8 cm³/mol. The highest BCUT2D eigenvalue weighted by molar-refractivity contribution is 9.10. The van der Waals surface area contributed by atoms with E-state index in [1.807, 2.05) is 18.2 Å². The highest BCUT2D eigenvalue weighted by atomic mass is 79.9. The molecule has 1 aromatic carbocycles. The SMILES string of the molecule is CCCNc1cnc(COc2c(Br)cccc2OC)cn1. The molecule has 0 aliphatic heterocycles. The molecule has 0 radical (unpaired) electrons. The quantitative estimate of drug-likeness (QED) is 0.824. The molecular formula is C15H18BrN3O2. The van der Waals surface area contributed by atoms with Crippen LogP contribution in [-0.4, -0.2) is 23.6 Å². The lowest BCUT2D eigenvalue weighted by molar-refractivity contribution is 0.278. The number of benzene rings is 1.